The fraction of sp³-hybridized carbons (Fsp3) is 0.545. The Hall–Kier alpha value is -2.42. The van der Waals surface area contributed by atoms with Gasteiger partial charge >= 0.3 is 0 Å². The molecule has 1 aliphatic rings. The second kappa shape index (κ2) is 11.1. The molecule has 30 heavy (non-hydrogen) atoms. The van der Waals surface area contributed by atoms with Crippen LogP contribution in [0.2, 0.25) is 0 Å². The van der Waals surface area contributed by atoms with Gasteiger partial charge in [0.05, 0.1) is 31.7 Å². The van der Waals surface area contributed by atoms with Crippen LogP contribution in [0.15, 0.2) is 48.0 Å². The molecule has 3 rings (SSSR count). The standard InChI is InChI=1S/C22H34N6O2/c1-3-24-21(26-16-22(2,29)17-27-10-12-30-13-11-27)25-14-19-4-6-20(7-5-19)15-28-9-8-23-18-28/h4-9,18,29H,3,10-17H2,1-2H3,(H2,24,25,26). The van der Waals surface area contributed by atoms with Crippen molar-refractivity contribution in [3.8, 4) is 0 Å². The van der Waals surface area contributed by atoms with Gasteiger partial charge in [0.1, 0.15) is 0 Å². The van der Waals surface area contributed by atoms with E-state index in [9.17, 15) is 5.11 Å². The Bertz CT molecular complexity index is 767. The number of aromatic nitrogens is 2. The maximum Gasteiger partial charge on any atom is 0.191 e. The summed E-state index contributed by atoms with van der Waals surface area (Å²) in [4.78, 5) is 11.0. The zero-order valence-electron chi connectivity index (χ0n) is 18.0. The Morgan fingerprint density at radius 3 is 2.60 bits per heavy atom. The van der Waals surface area contributed by atoms with E-state index in [2.05, 4.69) is 49.8 Å². The Balaban J connectivity index is 1.50. The average molecular weight is 415 g/mol. The Morgan fingerprint density at radius 1 is 1.20 bits per heavy atom. The highest BCUT2D eigenvalue weighted by Gasteiger charge is 2.25. The number of imidazole rings is 1. The number of β-amino-alcohol motifs (C(OH)–C–C–N with tert-alkyl or cyclic N) is 1. The monoisotopic (exact) mass is 414 g/mol. The lowest BCUT2D eigenvalue weighted by atomic mass is 10.1. The maximum absolute atomic E-state index is 10.8. The van der Waals surface area contributed by atoms with Gasteiger partial charge in [-0.3, -0.25) is 4.90 Å². The number of nitrogens with one attached hydrogen (secondary N) is 2. The highest BCUT2D eigenvalue weighted by molar-refractivity contribution is 5.79. The smallest absolute Gasteiger partial charge is 0.191 e. The lowest BCUT2D eigenvalue weighted by Gasteiger charge is -2.34. The third-order valence-corrected chi connectivity index (χ3v) is 5.02. The van der Waals surface area contributed by atoms with Gasteiger partial charge in [0.15, 0.2) is 5.96 Å². The fourth-order valence-corrected chi connectivity index (χ4v) is 3.42. The number of rotatable bonds is 9. The van der Waals surface area contributed by atoms with Crippen molar-refractivity contribution in [3.63, 3.8) is 0 Å². The van der Waals surface area contributed by atoms with Crippen molar-refractivity contribution in [3.05, 3.63) is 54.1 Å². The van der Waals surface area contributed by atoms with Gasteiger partial charge in [0.25, 0.3) is 0 Å². The Labute approximate surface area is 179 Å². The lowest BCUT2D eigenvalue weighted by Crippen LogP contribution is -2.52. The van der Waals surface area contributed by atoms with Crippen LogP contribution in [0.5, 0.6) is 0 Å². The second-order valence-corrected chi connectivity index (χ2v) is 7.99. The minimum absolute atomic E-state index is 0.431. The van der Waals surface area contributed by atoms with Crippen molar-refractivity contribution >= 4 is 5.96 Å². The lowest BCUT2D eigenvalue weighted by molar-refractivity contribution is -0.0201. The van der Waals surface area contributed by atoms with Gasteiger partial charge in [-0.25, -0.2) is 9.98 Å². The zero-order chi connectivity index (χ0) is 21.2. The van der Waals surface area contributed by atoms with Crippen LogP contribution < -0.4 is 10.6 Å². The van der Waals surface area contributed by atoms with Crippen LogP contribution >= 0.6 is 0 Å². The summed E-state index contributed by atoms with van der Waals surface area (Å²) in [5.41, 5.74) is 1.52. The largest absolute Gasteiger partial charge is 0.387 e. The minimum atomic E-state index is -0.845. The van der Waals surface area contributed by atoms with E-state index in [4.69, 9.17) is 4.74 Å². The molecule has 1 atom stereocenters. The molecule has 8 heteroatoms. The number of ether oxygens (including phenoxy) is 1. The highest BCUT2D eigenvalue weighted by atomic mass is 16.5. The Morgan fingerprint density at radius 2 is 1.93 bits per heavy atom. The average Bonchev–Trinajstić information content (AvgIpc) is 3.25. The summed E-state index contributed by atoms with van der Waals surface area (Å²) in [6, 6.07) is 8.46. The molecule has 1 unspecified atom stereocenters. The minimum Gasteiger partial charge on any atom is -0.387 e. The molecule has 8 nitrogen and oxygen atoms in total. The molecule has 1 aliphatic heterocycles. The first-order chi connectivity index (χ1) is 14.5. The number of benzene rings is 1. The van der Waals surface area contributed by atoms with E-state index >= 15 is 0 Å². The van der Waals surface area contributed by atoms with Gasteiger partial charge < -0.3 is 25.0 Å². The molecule has 0 bridgehead atoms. The normalized spacial score (nSPS) is 17.5. The summed E-state index contributed by atoms with van der Waals surface area (Å²) < 4.78 is 7.42. The molecule has 0 aliphatic carbocycles. The van der Waals surface area contributed by atoms with Crippen LogP contribution in [-0.4, -0.2) is 77.1 Å². The van der Waals surface area contributed by atoms with E-state index in [0.717, 1.165) is 45.0 Å². The number of hydrogen-bond acceptors (Lipinski definition) is 5. The summed E-state index contributed by atoms with van der Waals surface area (Å²) in [5.74, 6) is 0.710. The summed E-state index contributed by atoms with van der Waals surface area (Å²) >= 11 is 0. The van der Waals surface area contributed by atoms with Gasteiger partial charge in [0, 0.05) is 51.7 Å². The second-order valence-electron chi connectivity index (χ2n) is 7.99. The molecule has 2 heterocycles. The van der Waals surface area contributed by atoms with E-state index in [1.54, 1.807) is 6.20 Å². The molecule has 1 fully saturated rings. The summed E-state index contributed by atoms with van der Waals surface area (Å²) in [6.45, 7) is 10.3. The quantitative estimate of drug-likeness (QED) is 0.420. The molecule has 2 aromatic rings. The predicted molar refractivity (Wildman–Crippen MR) is 118 cm³/mol. The summed E-state index contributed by atoms with van der Waals surface area (Å²) in [5, 5.41) is 17.3. The van der Waals surface area contributed by atoms with Gasteiger partial charge in [-0.1, -0.05) is 24.3 Å². The van der Waals surface area contributed by atoms with Gasteiger partial charge in [0.2, 0.25) is 0 Å². The van der Waals surface area contributed by atoms with Crippen LogP contribution in [-0.2, 0) is 17.8 Å². The van der Waals surface area contributed by atoms with Crippen molar-refractivity contribution in [2.45, 2.75) is 32.5 Å². The van der Waals surface area contributed by atoms with Crippen LogP contribution in [0.4, 0.5) is 0 Å². The number of hydrogen-bond donors (Lipinski definition) is 3. The highest BCUT2D eigenvalue weighted by Crippen LogP contribution is 2.09. The molecule has 3 N–H and O–H groups in total. The third kappa shape index (κ3) is 7.44. The van der Waals surface area contributed by atoms with E-state index in [-0.39, 0.29) is 0 Å². The van der Waals surface area contributed by atoms with Crippen molar-refractivity contribution in [1.29, 1.82) is 0 Å². The fourth-order valence-electron chi connectivity index (χ4n) is 3.42. The van der Waals surface area contributed by atoms with Crippen LogP contribution in [0.1, 0.15) is 25.0 Å². The van der Waals surface area contributed by atoms with E-state index in [1.807, 2.05) is 30.9 Å². The van der Waals surface area contributed by atoms with Gasteiger partial charge in [-0.2, -0.15) is 0 Å². The van der Waals surface area contributed by atoms with Crippen LogP contribution in [0, 0.1) is 0 Å². The molecule has 1 aromatic heterocycles. The Kier molecular flexibility index (Phi) is 8.24. The van der Waals surface area contributed by atoms with Crippen LogP contribution in [0.25, 0.3) is 0 Å². The number of guanidine groups is 1. The molecule has 0 radical (unpaired) electrons. The number of morpholine rings is 1. The van der Waals surface area contributed by atoms with Gasteiger partial charge in [-0.05, 0) is 25.0 Å². The van der Waals surface area contributed by atoms with E-state index in [1.165, 1.54) is 5.56 Å². The number of aliphatic hydroxyl groups is 1. The van der Waals surface area contributed by atoms with E-state index in [0.29, 0.717) is 25.6 Å². The van der Waals surface area contributed by atoms with Crippen LogP contribution in [0.3, 0.4) is 0 Å². The first kappa shape index (κ1) is 22.3. The zero-order valence-corrected chi connectivity index (χ0v) is 18.0. The van der Waals surface area contributed by atoms with Crippen molar-refractivity contribution in [2.75, 3.05) is 45.9 Å². The maximum atomic E-state index is 10.8. The SMILES string of the molecule is CCNC(=NCc1ccc(Cn2ccnc2)cc1)NCC(C)(O)CN1CCOCC1. The number of nitrogens with zero attached hydrogens (tertiary/aromatic N) is 4. The topological polar surface area (TPSA) is 86.9 Å². The van der Waals surface area contributed by atoms with Crippen molar-refractivity contribution in [2.24, 2.45) is 4.99 Å². The summed E-state index contributed by atoms with van der Waals surface area (Å²) in [7, 11) is 0. The molecular formula is C22H34N6O2. The van der Waals surface area contributed by atoms with Gasteiger partial charge in [-0.15, -0.1) is 0 Å². The molecule has 164 valence electrons. The molecule has 1 aromatic carbocycles. The number of aliphatic imine (C=N–C) groups is 1. The third-order valence-electron chi connectivity index (χ3n) is 5.02. The molecule has 0 amide bonds. The summed E-state index contributed by atoms with van der Waals surface area (Å²) in [6.07, 6.45) is 5.57. The first-order valence-electron chi connectivity index (χ1n) is 10.6. The molecule has 0 saturated carbocycles. The molecular weight excluding hydrogens is 380 g/mol. The molecule has 0 spiro atoms. The van der Waals surface area contributed by atoms with Crippen molar-refractivity contribution in [1.82, 2.24) is 25.1 Å². The predicted octanol–water partition coefficient (Wildman–Crippen LogP) is 1.07. The first-order valence-corrected chi connectivity index (χ1v) is 10.6. The molecule has 1 saturated heterocycles. The van der Waals surface area contributed by atoms with E-state index < -0.39 is 5.60 Å². The van der Waals surface area contributed by atoms with Crippen molar-refractivity contribution < 1.29 is 9.84 Å².